The van der Waals surface area contributed by atoms with Gasteiger partial charge in [0.15, 0.2) is 5.69 Å². The topological polar surface area (TPSA) is 57.8 Å². The van der Waals surface area contributed by atoms with E-state index in [9.17, 15) is 26.7 Å². The number of amides is 1. The van der Waals surface area contributed by atoms with Crippen LogP contribution >= 0.6 is 0 Å². The van der Waals surface area contributed by atoms with Gasteiger partial charge in [0.1, 0.15) is 11.6 Å². The summed E-state index contributed by atoms with van der Waals surface area (Å²) >= 11 is 0. The van der Waals surface area contributed by atoms with E-state index in [-0.39, 0.29) is 28.1 Å². The fraction of sp³-hybridized carbons (Fsp3) is 0.111. The number of carbonyl (C=O) groups is 1. The van der Waals surface area contributed by atoms with Crippen molar-refractivity contribution in [2.45, 2.75) is 13.1 Å². The molecule has 0 radical (unpaired) electrons. The van der Waals surface area contributed by atoms with E-state index in [1.165, 1.54) is 37.3 Å². The van der Waals surface area contributed by atoms with Gasteiger partial charge in [0.25, 0.3) is 5.91 Å². The van der Waals surface area contributed by atoms with E-state index in [1.54, 1.807) is 0 Å². The van der Waals surface area contributed by atoms with Crippen LogP contribution in [0.2, 0.25) is 0 Å². The summed E-state index contributed by atoms with van der Waals surface area (Å²) < 4.78 is 66.5. The van der Waals surface area contributed by atoms with Crippen molar-refractivity contribution < 1.29 is 26.7 Å². The van der Waals surface area contributed by atoms with E-state index in [2.05, 4.69) is 15.5 Å². The van der Waals surface area contributed by atoms with Gasteiger partial charge in [0.05, 0.1) is 11.3 Å². The summed E-state index contributed by atoms with van der Waals surface area (Å²) in [5.41, 5.74) is -1.83. The van der Waals surface area contributed by atoms with Crippen LogP contribution in [0.5, 0.6) is 0 Å². The third-order valence-corrected chi connectivity index (χ3v) is 3.89. The SMILES string of the molecule is Cc1c(C(F)(F)F)n[nH]c1-c1ccc(NC(=O)c2ccccc2F)cc1F. The molecule has 0 saturated carbocycles. The lowest BCUT2D eigenvalue weighted by Crippen LogP contribution is -2.13. The van der Waals surface area contributed by atoms with Gasteiger partial charge in [0, 0.05) is 16.8 Å². The number of halogens is 5. The molecular formula is C18H12F5N3O. The first-order valence-corrected chi connectivity index (χ1v) is 7.66. The molecule has 0 atom stereocenters. The van der Waals surface area contributed by atoms with Gasteiger partial charge in [0.2, 0.25) is 0 Å². The minimum atomic E-state index is -4.66. The minimum Gasteiger partial charge on any atom is -0.322 e. The molecule has 3 aromatic rings. The number of aromatic nitrogens is 2. The Hall–Kier alpha value is -3.23. The highest BCUT2D eigenvalue weighted by atomic mass is 19.4. The quantitative estimate of drug-likeness (QED) is 0.632. The molecule has 0 aliphatic rings. The van der Waals surface area contributed by atoms with Gasteiger partial charge < -0.3 is 5.32 Å². The zero-order valence-corrected chi connectivity index (χ0v) is 13.8. The Morgan fingerprint density at radius 1 is 1.07 bits per heavy atom. The molecule has 1 heterocycles. The summed E-state index contributed by atoms with van der Waals surface area (Å²) in [6, 6.07) is 8.70. The highest BCUT2D eigenvalue weighted by Gasteiger charge is 2.37. The monoisotopic (exact) mass is 381 g/mol. The van der Waals surface area contributed by atoms with E-state index >= 15 is 0 Å². The van der Waals surface area contributed by atoms with Crippen molar-refractivity contribution in [2.75, 3.05) is 5.32 Å². The number of H-pyrrole nitrogens is 1. The highest BCUT2D eigenvalue weighted by molar-refractivity contribution is 6.04. The number of hydrogen-bond donors (Lipinski definition) is 2. The Bertz CT molecular complexity index is 1010. The summed E-state index contributed by atoms with van der Waals surface area (Å²) in [4.78, 5) is 12.1. The number of rotatable bonds is 3. The molecule has 0 bridgehead atoms. The van der Waals surface area contributed by atoms with Crippen LogP contribution in [0.1, 0.15) is 21.6 Å². The predicted molar refractivity (Wildman–Crippen MR) is 88.1 cm³/mol. The van der Waals surface area contributed by atoms with E-state index < -0.39 is 29.4 Å². The molecule has 9 heteroatoms. The van der Waals surface area contributed by atoms with Crippen molar-refractivity contribution >= 4 is 11.6 Å². The van der Waals surface area contributed by atoms with E-state index in [4.69, 9.17) is 0 Å². The molecule has 0 unspecified atom stereocenters. The second-order valence-electron chi connectivity index (χ2n) is 5.70. The summed E-state index contributed by atoms with van der Waals surface area (Å²) in [6.45, 7) is 1.18. The fourth-order valence-electron chi connectivity index (χ4n) is 2.58. The maximum Gasteiger partial charge on any atom is 0.435 e. The van der Waals surface area contributed by atoms with Crippen LogP contribution < -0.4 is 5.32 Å². The first kappa shape index (κ1) is 18.6. The Morgan fingerprint density at radius 2 is 1.78 bits per heavy atom. The van der Waals surface area contributed by atoms with Crippen molar-refractivity contribution in [1.82, 2.24) is 10.2 Å². The molecule has 140 valence electrons. The summed E-state index contributed by atoms with van der Waals surface area (Å²) in [6.07, 6.45) is -4.66. The van der Waals surface area contributed by atoms with Gasteiger partial charge in [-0.05, 0) is 37.3 Å². The lowest BCUT2D eigenvalue weighted by Gasteiger charge is -2.09. The number of carbonyl (C=O) groups excluding carboxylic acids is 1. The summed E-state index contributed by atoms with van der Waals surface area (Å²) in [5.74, 6) is -2.39. The van der Waals surface area contributed by atoms with Gasteiger partial charge >= 0.3 is 6.18 Å². The number of benzene rings is 2. The van der Waals surface area contributed by atoms with Crippen molar-refractivity contribution in [2.24, 2.45) is 0 Å². The molecule has 0 aliphatic carbocycles. The third-order valence-electron chi connectivity index (χ3n) is 3.89. The molecule has 0 aliphatic heterocycles. The lowest BCUT2D eigenvalue weighted by molar-refractivity contribution is -0.141. The lowest BCUT2D eigenvalue weighted by atomic mass is 10.1. The second kappa shape index (κ2) is 6.82. The summed E-state index contributed by atoms with van der Waals surface area (Å²) in [5, 5.41) is 7.72. The molecular weight excluding hydrogens is 369 g/mol. The van der Waals surface area contributed by atoms with Crippen molar-refractivity contribution in [3.63, 3.8) is 0 Å². The van der Waals surface area contributed by atoms with Gasteiger partial charge in [-0.2, -0.15) is 18.3 Å². The van der Waals surface area contributed by atoms with Crippen LogP contribution in [0.15, 0.2) is 42.5 Å². The highest BCUT2D eigenvalue weighted by Crippen LogP contribution is 2.35. The Kier molecular flexibility index (Phi) is 4.69. The van der Waals surface area contributed by atoms with Crippen LogP contribution in [0, 0.1) is 18.6 Å². The molecule has 0 spiro atoms. The van der Waals surface area contributed by atoms with Crippen LogP contribution in [-0.4, -0.2) is 16.1 Å². The molecule has 0 fully saturated rings. The fourth-order valence-corrected chi connectivity index (χ4v) is 2.58. The predicted octanol–water partition coefficient (Wildman–Crippen LogP) is 4.93. The van der Waals surface area contributed by atoms with Crippen molar-refractivity contribution in [3.8, 4) is 11.3 Å². The number of nitrogens with zero attached hydrogens (tertiary/aromatic N) is 1. The van der Waals surface area contributed by atoms with Gasteiger partial charge in [-0.15, -0.1) is 0 Å². The largest absolute Gasteiger partial charge is 0.435 e. The normalized spacial score (nSPS) is 11.5. The number of hydrogen-bond acceptors (Lipinski definition) is 2. The third kappa shape index (κ3) is 3.67. The standard InChI is InChI=1S/C18H12F5N3O/c1-9-15(25-26-16(9)18(21,22)23)11-7-6-10(8-14(11)20)24-17(27)12-4-2-3-5-13(12)19/h2-8H,1H3,(H,24,27)(H,25,26). The van der Waals surface area contributed by atoms with Crippen LogP contribution in [0.25, 0.3) is 11.3 Å². The van der Waals surface area contributed by atoms with Crippen LogP contribution in [-0.2, 0) is 6.18 Å². The molecule has 2 aromatic carbocycles. The second-order valence-corrected chi connectivity index (χ2v) is 5.70. The first-order valence-electron chi connectivity index (χ1n) is 7.66. The zero-order valence-electron chi connectivity index (χ0n) is 13.8. The number of aromatic amines is 1. The smallest absolute Gasteiger partial charge is 0.322 e. The maximum absolute atomic E-state index is 14.4. The zero-order chi connectivity index (χ0) is 19.8. The first-order chi connectivity index (χ1) is 12.7. The Balaban J connectivity index is 1.88. The number of anilines is 1. The van der Waals surface area contributed by atoms with Gasteiger partial charge in [-0.1, -0.05) is 12.1 Å². The Labute approximate surface area is 150 Å². The van der Waals surface area contributed by atoms with Crippen LogP contribution in [0.4, 0.5) is 27.6 Å². The Morgan fingerprint density at radius 3 is 2.37 bits per heavy atom. The van der Waals surface area contributed by atoms with E-state index in [1.807, 2.05) is 0 Å². The minimum absolute atomic E-state index is 0.0257. The molecule has 2 N–H and O–H groups in total. The van der Waals surface area contributed by atoms with Crippen LogP contribution in [0.3, 0.4) is 0 Å². The molecule has 3 rings (SSSR count). The maximum atomic E-state index is 14.4. The average molecular weight is 381 g/mol. The molecule has 1 aromatic heterocycles. The van der Waals surface area contributed by atoms with Gasteiger partial charge in [-0.25, -0.2) is 8.78 Å². The number of alkyl halides is 3. The van der Waals surface area contributed by atoms with Gasteiger partial charge in [-0.3, -0.25) is 9.89 Å². The van der Waals surface area contributed by atoms with E-state index in [0.717, 1.165) is 12.1 Å². The van der Waals surface area contributed by atoms with E-state index in [0.29, 0.717) is 0 Å². The number of nitrogens with one attached hydrogen (secondary N) is 2. The average Bonchev–Trinajstić information content (AvgIpc) is 2.97. The molecule has 4 nitrogen and oxygen atoms in total. The molecule has 0 saturated heterocycles. The summed E-state index contributed by atoms with van der Waals surface area (Å²) in [7, 11) is 0. The molecule has 1 amide bonds. The van der Waals surface area contributed by atoms with Crippen molar-refractivity contribution in [3.05, 3.63) is 70.9 Å². The molecule has 27 heavy (non-hydrogen) atoms. The van der Waals surface area contributed by atoms with Crippen molar-refractivity contribution in [1.29, 1.82) is 0 Å².